The summed E-state index contributed by atoms with van der Waals surface area (Å²) >= 11 is 0. The van der Waals surface area contributed by atoms with Crippen LogP contribution in [0.4, 0.5) is 17.8 Å². The van der Waals surface area contributed by atoms with Crippen molar-refractivity contribution < 1.29 is 28.7 Å². The summed E-state index contributed by atoms with van der Waals surface area (Å²) in [4.78, 5) is 94.1. The van der Waals surface area contributed by atoms with Crippen molar-refractivity contribution in [1.82, 2.24) is 49.9 Å². The Hall–Kier alpha value is -12.0. The highest BCUT2D eigenvalue weighted by molar-refractivity contribution is 5.92. The Morgan fingerprint density at radius 3 is 1.26 bits per heavy atom. The monoisotopic (exact) mass is 1550 g/mol. The maximum absolute atomic E-state index is 13.1. The van der Waals surface area contributed by atoms with E-state index in [1.54, 1.807) is 6.92 Å². The number of hydrogen-bond donors (Lipinski definition) is 1. The van der Waals surface area contributed by atoms with Crippen LogP contribution in [-0.2, 0) is 83.9 Å². The number of amides is 3. The normalized spacial score (nSPS) is 19.7. The number of hydrogen-bond acceptors (Lipinski definition) is 16. The number of nitrogens with one attached hydrogen (secondary N) is 1. The molecule has 4 atom stereocenters. The number of aryl methyl sites for hydroxylation is 3. The number of fused-ring (bicyclic) bond motifs is 9. The van der Waals surface area contributed by atoms with Gasteiger partial charge < -0.3 is 44.2 Å². The van der Waals surface area contributed by atoms with Crippen molar-refractivity contribution in [3.8, 4) is 44.9 Å². The largest absolute Gasteiger partial charge is 0.486 e. The quantitative estimate of drug-likeness (QED) is 0.136. The van der Waals surface area contributed by atoms with Gasteiger partial charge in [-0.25, -0.2) is 29.9 Å². The predicted octanol–water partition coefficient (Wildman–Crippen LogP) is 15.6. The summed E-state index contributed by atoms with van der Waals surface area (Å²) in [5.41, 5.74) is 25.6. The van der Waals surface area contributed by atoms with Crippen molar-refractivity contribution >= 4 is 74.1 Å². The summed E-state index contributed by atoms with van der Waals surface area (Å²) in [5.74, 6) is 4.96. The molecule has 0 radical (unpaired) electrons. The van der Waals surface area contributed by atoms with Crippen molar-refractivity contribution in [2.45, 2.75) is 155 Å². The zero-order valence-electron chi connectivity index (χ0n) is 67.3. The first-order chi connectivity index (χ1) is 57.2. The summed E-state index contributed by atoms with van der Waals surface area (Å²) in [6, 6.07) is 64.0. The van der Waals surface area contributed by atoms with E-state index in [1.807, 2.05) is 37.3 Å². The van der Waals surface area contributed by atoms with Crippen LogP contribution in [0.2, 0.25) is 0 Å². The lowest BCUT2D eigenvalue weighted by Crippen LogP contribution is -2.52. The first-order valence-electron chi connectivity index (χ1n) is 42.2. The van der Waals surface area contributed by atoms with Gasteiger partial charge in [0.15, 0.2) is 11.5 Å². The Labute approximate surface area is 683 Å². The molecule has 9 aliphatic rings. The molecule has 592 valence electrons. The number of Topliss-reactive ketones (excluding diaryl/α,β-unsaturated/α-hetero) is 1. The smallest absolute Gasteiger partial charge is 0.227 e. The highest BCUT2D eigenvalue weighted by atomic mass is 16.6. The van der Waals surface area contributed by atoms with Gasteiger partial charge in [0.05, 0.1) is 52.9 Å². The van der Waals surface area contributed by atoms with Gasteiger partial charge in [0.2, 0.25) is 35.6 Å². The van der Waals surface area contributed by atoms with Gasteiger partial charge in [-0.3, -0.25) is 19.2 Å². The Bertz CT molecular complexity index is 5680. The second-order valence-corrected chi connectivity index (χ2v) is 33.3. The number of aromatic nitrogens is 6. The van der Waals surface area contributed by atoms with E-state index in [0.717, 1.165) is 218 Å². The molecule has 0 saturated carbocycles. The van der Waals surface area contributed by atoms with Gasteiger partial charge in [-0.2, -0.15) is 0 Å². The van der Waals surface area contributed by atoms with Crippen LogP contribution in [0.15, 0.2) is 182 Å². The second kappa shape index (κ2) is 32.3. The van der Waals surface area contributed by atoms with Crippen LogP contribution >= 0.6 is 0 Å². The molecular weight excluding hydrogens is 1460 g/mol. The van der Waals surface area contributed by atoms with Gasteiger partial charge in [0, 0.05) is 111 Å². The van der Waals surface area contributed by atoms with Crippen LogP contribution in [0.3, 0.4) is 0 Å². The van der Waals surface area contributed by atoms with Crippen LogP contribution in [0.5, 0.6) is 11.5 Å². The number of piperidine rings is 3. The average molecular weight is 1550 g/mol. The SMILES string of the molecule is CC(=O)C1CCc2c(cccc2-c2ccc3nc(N4CCC[C@@H](N5Cc6ccccc6CC5=O)C4)nc(C)c3c2)C1.Cc1nc(N2CCC[C@@H](N3Cc4ccccc4CC3=O)C2)nc2ccc(-c3cccc4c3CCNC4)cc12.Cc1nc(N2CCC[C@@H](N3Cc4ccccc4CC3=O)C2)nc2ccc(-c3cccc4c3OCCO4)cc12. The lowest BCUT2D eigenvalue weighted by molar-refractivity contribution is -0.135. The summed E-state index contributed by atoms with van der Waals surface area (Å²) in [6.07, 6.45) is 11.3. The Balaban J connectivity index is 0.000000117. The molecule has 8 aliphatic heterocycles. The molecule has 3 fully saturated rings. The first-order valence-corrected chi connectivity index (χ1v) is 42.2. The van der Waals surface area contributed by atoms with Gasteiger partial charge in [-0.15, -0.1) is 0 Å². The van der Waals surface area contributed by atoms with Gasteiger partial charge in [-0.1, -0.05) is 140 Å². The van der Waals surface area contributed by atoms with Crippen molar-refractivity contribution in [3.05, 3.63) is 255 Å². The van der Waals surface area contributed by atoms with Crippen LogP contribution in [-0.4, -0.2) is 145 Å². The zero-order valence-corrected chi connectivity index (χ0v) is 67.3. The van der Waals surface area contributed by atoms with Gasteiger partial charge in [0.25, 0.3) is 0 Å². The lowest BCUT2D eigenvalue weighted by atomic mass is 9.79. The van der Waals surface area contributed by atoms with Crippen molar-refractivity contribution in [1.29, 1.82) is 0 Å². The van der Waals surface area contributed by atoms with Crippen LogP contribution in [0, 0.1) is 26.7 Å². The van der Waals surface area contributed by atoms with Gasteiger partial charge in [0.1, 0.15) is 19.0 Å². The molecule has 3 aromatic heterocycles. The highest BCUT2D eigenvalue weighted by Crippen LogP contribution is 2.43. The number of carbonyl (C=O) groups is 4. The fourth-order valence-corrected chi connectivity index (χ4v) is 19.7. The van der Waals surface area contributed by atoms with Crippen LogP contribution in [0.1, 0.15) is 125 Å². The van der Waals surface area contributed by atoms with Crippen molar-refractivity contribution in [2.24, 2.45) is 5.92 Å². The third-order valence-corrected chi connectivity index (χ3v) is 26.0. The molecule has 1 aliphatic carbocycles. The Morgan fingerprint density at radius 2 is 0.803 bits per heavy atom. The summed E-state index contributed by atoms with van der Waals surface area (Å²) in [7, 11) is 0. The summed E-state index contributed by atoms with van der Waals surface area (Å²) in [6.45, 7) is 18.1. The molecule has 3 amide bonds. The van der Waals surface area contributed by atoms with E-state index in [9.17, 15) is 19.2 Å². The number of ether oxygens (including phenoxy) is 2. The van der Waals surface area contributed by atoms with Gasteiger partial charge in [-0.05, 0) is 224 Å². The first kappa shape index (κ1) is 75.1. The molecule has 9 aromatic carbocycles. The summed E-state index contributed by atoms with van der Waals surface area (Å²) in [5, 5.41) is 6.68. The fraction of sp³-hybridized carbons (Fsp3) is 0.347. The minimum absolute atomic E-state index is 0.140. The average Bonchev–Trinajstić information content (AvgIpc) is 0.772. The van der Waals surface area contributed by atoms with Crippen LogP contribution < -0.4 is 29.5 Å². The second-order valence-electron chi connectivity index (χ2n) is 33.3. The van der Waals surface area contributed by atoms with E-state index in [4.69, 9.17) is 39.4 Å². The number of nitrogens with zero attached hydrogens (tertiary/aromatic N) is 12. The molecular formula is C98H99N13O6. The molecule has 0 bridgehead atoms. The lowest BCUT2D eigenvalue weighted by Gasteiger charge is -2.41. The van der Waals surface area contributed by atoms with Crippen molar-refractivity contribution in [2.75, 3.05) is 73.7 Å². The molecule has 11 heterocycles. The highest BCUT2D eigenvalue weighted by Gasteiger charge is 2.38. The molecule has 21 rings (SSSR count). The standard InChI is InChI=1S/C35H36N4O2.C32H33N5O.C31H30N4O3/c1-22-32-18-27(30-11-5-9-26-17-24(23(2)40)12-14-31(26)30)13-15-33(32)37-35(36-22)38-16-6-10-29(21-38)39-20-28-8-4-3-7-25(28)19-34(39)41;1-21-29-16-23(27-10-4-8-24-18-33-14-13-28(24)27)11-12-30(29)35-32(34-21)36-15-5-9-26(20-36)37-19-25-7-3-2-6-22(25)17-31(37)38;1-20-26-16-22(25-9-4-10-28-30(25)38-15-14-37-28)11-12-27(26)33-31(32-20)34-13-5-8-24(19-34)35-18-23-7-3-2-6-21(23)17-29(35)36/h3-5,7-9,11,13,15,18,24,29H,6,10,12,14,16-17,19-21H2,1-2H3;2-4,6-8,10-12,16,26,33H,5,9,13-15,17-20H2,1H3;2-4,6-7,9-12,16,24H,5,8,13-15,17-19H2,1H3/t24?,29-;26-;24-/m111/s1. The molecule has 19 nitrogen and oxygen atoms in total. The topological polar surface area (TPSA) is 196 Å². The molecule has 3 saturated heterocycles. The Morgan fingerprint density at radius 1 is 0.410 bits per heavy atom. The van der Waals surface area contributed by atoms with Crippen molar-refractivity contribution in [3.63, 3.8) is 0 Å². The number of para-hydroxylation sites is 1. The van der Waals surface area contributed by atoms with Crippen LogP contribution in [0.25, 0.3) is 66.1 Å². The minimum Gasteiger partial charge on any atom is -0.486 e. The molecule has 12 aromatic rings. The number of anilines is 3. The van der Waals surface area contributed by atoms with E-state index in [-0.39, 0.29) is 41.8 Å². The molecule has 19 heteroatoms. The van der Waals surface area contributed by atoms with E-state index < -0.39 is 0 Å². The van der Waals surface area contributed by atoms with E-state index in [2.05, 4.69) is 200 Å². The maximum atomic E-state index is 13.1. The summed E-state index contributed by atoms with van der Waals surface area (Å²) < 4.78 is 11.7. The maximum Gasteiger partial charge on any atom is 0.227 e. The van der Waals surface area contributed by atoms with Gasteiger partial charge >= 0.3 is 0 Å². The van der Waals surface area contributed by atoms with E-state index in [0.29, 0.717) is 57.9 Å². The molecule has 1 N–H and O–H groups in total. The Kier molecular flexibility index (Phi) is 20.7. The predicted molar refractivity (Wildman–Crippen MR) is 460 cm³/mol. The number of ketones is 1. The van der Waals surface area contributed by atoms with E-state index in [1.165, 1.54) is 66.8 Å². The third-order valence-electron chi connectivity index (χ3n) is 26.0. The number of benzene rings is 9. The number of rotatable bonds is 10. The fourth-order valence-electron chi connectivity index (χ4n) is 19.7. The molecule has 1 unspecified atom stereocenters. The molecule has 117 heavy (non-hydrogen) atoms. The third kappa shape index (κ3) is 15.2. The number of carbonyl (C=O) groups excluding carboxylic acids is 4. The molecule has 0 spiro atoms. The van der Waals surface area contributed by atoms with E-state index >= 15 is 0 Å². The minimum atomic E-state index is 0.140. The zero-order chi connectivity index (χ0) is 79.4.